The first-order chi connectivity index (χ1) is 7.75. The summed E-state index contributed by atoms with van der Waals surface area (Å²) in [5.41, 5.74) is 10.1. The minimum Gasteiger partial charge on any atom is -0.273 e. The van der Waals surface area contributed by atoms with Crippen LogP contribution in [0.3, 0.4) is 0 Å². The molecule has 0 heterocycles. The molecule has 0 spiro atoms. The Balaban J connectivity index is 2.23. The molecule has 79 valence electrons. The third-order valence-electron chi connectivity index (χ3n) is 2.43. The van der Waals surface area contributed by atoms with Crippen molar-refractivity contribution in [2.75, 3.05) is 0 Å². The zero-order chi connectivity index (χ0) is 11.4. The molecule has 2 heteroatoms. The maximum atomic E-state index is 10.6. The van der Waals surface area contributed by atoms with Crippen molar-refractivity contribution in [3.05, 3.63) is 60.2 Å². The Bertz CT molecular complexity index is 474. The lowest BCUT2D eigenvalue weighted by Gasteiger charge is -2.02. The first-order valence-corrected chi connectivity index (χ1v) is 5.14. The molecule has 0 saturated heterocycles. The number of benzene rings is 2. The van der Waals surface area contributed by atoms with Crippen molar-refractivity contribution in [1.29, 1.82) is 0 Å². The van der Waals surface area contributed by atoms with Gasteiger partial charge in [0, 0.05) is 0 Å². The van der Waals surface area contributed by atoms with Gasteiger partial charge >= 0.3 is 0 Å². The number of carbonyl (C=O) groups excluding carboxylic acids is 1. The summed E-state index contributed by atoms with van der Waals surface area (Å²) in [5, 5.41) is 0. The molecule has 0 fully saturated rings. The lowest BCUT2D eigenvalue weighted by molar-refractivity contribution is -0.118. The van der Waals surface area contributed by atoms with Crippen LogP contribution >= 0.6 is 0 Å². The second kappa shape index (κ2) is 4.62. The quantitative estimate of drug-likeness (QED) is 0.767. The second-order valence-electron chi connectivity index (χ2n) is 3.66. The predicted molar refractivity (Wildman–Crippen MR) is 63.7 cm³/mol. The first kappa shape index (κ1) is 10.4. The molecule has 0 aliphatic heterocycles. The van der Waals surface area contributed by atoms with Gasteiger partial charge in [0.2, 0.25) is 5.91 Å². The van der Waals surface area contributed by atoms with E-state index in [1.807, 2.05) is 54.6 Å². The van der Waals surface area contributed by atoms with Gasteiger partial charge in [-0.2, -0.15) is 0 Å². The van der Waals surface area contributed by atoms with E-state index in [1.165, 1.54) is 0 Å². The molecule has 2 nitrogen and oxygen atoms in total. The zero-order valence-corrected chi connectivity index (χ0v) is 8.81. The van der Waals surface area contributed by atoms with Gasteiger partial charge in [-0.05, 0) is 16.7 Å². The summed E-state index contributed by atoms with van der Waals surface area (Å²) >= 11 is 0. The van der Waals surface area contributed by atoms with Crippen LogP contribution in [0.2, 0.25) is 0 Å². The van der Waals surface area contributed by atoms with Crippen molar-refractivity contribution < 1.29 is 4.79 Å². The Morgan fingerprint density at radius 1 is 0.875 bits per heavy atom. The Kier molecular flexibility index (Phi) is 3.01. The molecule has 1 radical (unpaired) electrons. The van der Waals surface area contributed by atoms with Gasteiger partial charge in [0.05, 0.1) is 6.42 Å². The molecule has 1 amide bonds. The largest absolute Gasteiger partial charge is 0.273 e. The molecule has 0 aliphatic rings. The fraction of sp³-hybridized carbons (Fsp3) is 0.0714. The average Bonchev–Trinajstić information content (AvgIpc) is 2.30. The molecule has 0 atom stereocenters. The van der Waals surface area contributed by atoms with E-state index in [1.54, 1.807) is 0 Å². The number of hydrogen-bond donors (Lipinski definition) is 0. The van der Waals surface area contributed by atoms with E-state index >= 15 is 0 Å². The van der Waals surface area contributed by atoms with Gasteiger partial charge in [0.25, 0.3) is 0 Å². The molecular formula is C14H12NO. The van der Waals surface area contributed by atoms with Crippen molar-refractivity contribution >= 4 is 5.91 Å². The Labute approximate surface area is 94.7 Å². The third kappa shape index (κ3) is 2.48. The molecule has 2 rings (SSSR count). The van der Waals surface area contributed by atoms with Crippen LogP contribution in [0.5, 0.6) is 0 Å². The SMILES string of the molecule is [NH]C(=O)Cc1ccc(-c2ccccc2)cc1. The molecule has 1 N–H and O–H groups in total. The van der Waals surface area contributed by atoms with Gasteiger partial charge < -0.3 is 0 Å². The second-order valence-corrected chi connectivity index (χ2v) is 3.66. The summed E-state index contributed by atoms with van der Waals surface area (Å²) in [6, 6.07) is 17.8. The number of nitrogens with one attached hydrogen (secondary N) is 1. The summed E-state index contributed by atoms with van der Waals surface area (Å²) in [6.07, 6.45) is 0.190. The molecule has 2 aromatic rings. The van der Waals surface area contributed by atoms with E-state index in [-0.39, 0.29) is 6.42 Å². The van der Waals surface area contributed by atoms with Crippen molar-refractivity contribution in [2.45, 2.75) is 6.42 Å². The van der Waals surface area contributed by atoms with Gasteiger partial charge in [0.15, 0.2) is 0 Å². The van der Waals surface area contributed by atoms with E-state index < -0.39 is 5.91 Å². The minimum absolute atomic E-state index is 0.190. The number of hydrogen-bond acceptors (Lipinski definition) is 1. The van der Waals surface area contributed by atoms with Gasteiger partial charge in [-0.25, -0.2) is 0 Å². The van der Waals surface area contributed by atoms with Crippen LogP contribution in [0.4, 0.5) is 0 Å². The van der Waals surface area contributed by atoms with Crippen molar-refractivity contribution in [3.8, 4) is 11.1 Å². The van der Waals surface area contributed by atoms with Crippen LogP contribution in [0.1, 0.15) is 5.56 Å². The highest BCUT2D eigenvalue weighted by molar-refractivity contribution is 5.76. The van der Waals surface area contributed by atoms with Crippen LogP contribution in [-0.4, -0.2) is 5.91 Å². The Morgan fingerprint density at radius 3 is 2.00 bits per heavy atom. The smallest absolute Gasteiger partial charge is 0.242 e. The van der Waals surface area contributed by atoms with Crippen LogP contribution in [0, 0.1) is 0 Å². The van der Waals surface area contributed by atoms with Gasteiger partial charge in [-0.3, -0.25) is 10.5 Å². The van der Waals surface area contributed by atoms with Crippen molar-refractivity contribution in [2.24, 2.45) is 0 Å². The molecule has 0 unspecified atom stereocenters. The van der Waals surface area contributed by atoms with E-state index in [9.17, 15) is 4.79 Å². The van der Waals surface area contributed by atoms with Crippen LogP contribution in [0.25, 0.3) is 11.1 Å². The molecule has 0 aromatic heterocycles. The van der Waals surface area contributed by atoms with Crippen LogP contribution in [0.15, 0.2) is 54.6 Å². The van der Waals surface area contributed by atoms with Crippen molar-refractivity contribution in [1.82, 2.24) is 5.73 Å². The van der Waals surface area contributed by atoms with Gasteiger partial charge in [-0.1, -0.05) is 54.6 Å². The number of carbonyl (C=O) groups is 1. The summed E-state index contributed by atoms with van der Waals surface area (Å²) in [5.74, 6) is -0.549. The number of amides is 1. The highest BCUT2D eigenvalue weighted by Gasteiger charge is 2.00. The molecule has 2 aromatic carbocycles. The molecule has 0 aliphatic carbocycles. The lowest BCUT2D eigenvalue weighted by Crippen LogP contribution is -2.01. The average molecular weight is 210 g/mol. The van der Waals surface area contributed by atoms with Gasteiger partial charge in [0.1, 0.15) is 0 Å². The van der Waals surface area contributed by atoms with Gasteiger partial charge in [-0.15, -0.1) is 0 Å². The number of rotatable bonds is 3. The normalized spacial score (nSPS) is 10.0. The predicted octanol–water partition coefficient (Wildman–Crippen LogP) is 2.71. The highest BCUT2D eigenvalue weighted by atomic mass is 16.1. The molecular weight excluding hydrogens is 198 g/mol. The summed E-state index contributed by atoms with van der Waals surface area (Å²) in [7, 11) is 0. The maximum Gasteiger partial charge on any atom is 0.242 e. The Hall–Kier alpha value is -2.09. The topological polar surface area (TPSA) is 40.9 Å². The van der Waals surface area contributed by atoms with E-state index in [0.29, 0.717) is 0 Å². The van der Waals surface area contributed by atoms with E-state index in [0.717, 1.165) is 16.7 Å². The molecule has 0 saturated carbocycles. The Morgan fingerprint density at radius 2 is 1.44 bits per heavy atom. The summed E-state index contributed by atoms with van der Waals surface area (Å²) < 4.78 is 0. The summed E-state index contributed by atoms with van der Waals surface area (Å²) in [4.78, 5) is 10.6. The van der Waals surface area contributed by atoms with E-state index in [4.69, 9.17) is 5.73 Å². The van der Waals surface area contributed by atoms with Crippen LogP contribution in [-0.2, 0) is 11.2 Å². The fourth-order valence-corrected chi connectivity index (χ4v) is 1.63. The minimum atomic E-state index is -0.549. The zero-order valence-electron chi connectivity index (χ0n) is 8.81. The maximum absolute atomic E-state index is 10.6. The highest BCUT2D eigenvalue weighted by Crippen LogP contribution is 2.19. The first-order valence-electron chi connectivity index (χ1n) is 5.14. The summed E-state index contributed by atoms with van der Waals surface area (Å²) in [6.45, 7) is 0. The third-order valence-corrected chi connectivity index (χ3v) is 2.43. The monoisotopic (exact) mass is 210 g/mol. The standard InChI is InChI=1S/C14H12NO/c15-14(16)10-11-6-8-13(9-7-11)12-4-2-1-3-5-12/h1-9,15H,10H2. The van der Waals surface area contributed by atoms with Crippen molar-refractivity contribution in [3.63, 3.8) is 0 Å². The van der Waals surface area contributed by atoms with E-state index in [2.05, 4.69) is 0 Å². The fourth-order valence-electron chi connectivity index (χ4n) is 1.63. The lowest BCUT2D eigenvalue weighted by atomic mass is 10.0. The van der Waals surface area contributed by atoms with Crippen LogP contribution < -0.4 is 5.73 Å². The molecule has 16 heavy (non-hydrogen) atoms. The molecule has 0 bridgehead atoms.